The van der Waals surface area contributed by atoms with Crippen LogP contribution in [0.15, 0.2) is 18.2 Å². The highest BCUT2D eigenvalue weighted by atomic mass is 79.9. The maximum atomic E-state index is 13.4. The van der Waals surface area contributed by atoms with Gasteiger partial charge in [0.1, 0.15) is 11.6 Å². The van der Waals surface area contributed by atoms with Gasteiger partial charge < -0.3 is 5.32 Å². The molecule has 1 aliphatic rings. The number of benzene rings is 1. The van der Waals surface area contributed by atoms with Crippen molar-refractivity contribution in [3.63, 3.8) is 0 Å². The zero-order valence-corrected chi connectivity index (χ0v) is 12.1. The summed E-state index contributed by atoms with van der Waals surface area (Å²) >= 11 is 3.58. The topological polar surface area (TPSA) is 29.1 Å². The van der Waals surface area contributed by atoms with Crippen LogP contribution in [0.25, 0.3) is 0 Å². The monoisotopic (exact) mass is 331 g/mol. The first-order valence-electron chi connectivity index (χ1n) is 6.43. The second-order valence-electron chi connectivity index (χ2n) is 4.95. The lowest BCUT2D eigenvalue weighted by Crippen LogP contribution is -2.31. The zero-order chi connectivity index (χ0) is 13.8. The number of nitrogens with one attached hydrogen (secondary N) is 1. The number of carbonyl (C=O) groups excluding carboxylic acids is 1. The molecule has 0 bridgehead atoms. The molecule has 104 valence electrons. The van der Waals surface area contributed by atoms with Gasteiger partial charge in [0.25, 0.3) is 5.91 Å². The van der Waals surface area contributed by atoms with Gasteiger partial charge in [-0.05, 0) is 43.7 Å². The van der Waals surface area contributed by atoms with Gasteiger partial charge in [-0.2, -0.15) is 0 Å². The summed E-state index contributed by atoms with van der Waals surface area (Å²) in [7, 11) is 0. The van der Waals surface area contributed by atoms with Crippen LogP contribution in [-0.4, -0.2) is 17.3 Å². The Bertz CT molecular complexity index is 459. The summed E-state index contributed by atoms with van der Waals surface area (Å²) in [6, 6.07) is 2.99. The van der Waals surface area contributed by atoms with Crippen LogP contribution >= 0.6 is 15.9 Å². The van der Waals surface area contributed by atoms with Crippen molar-refractivity contribution in [3.05, 3.63) is 35.4 Å². The molecule has 0 atom stereocenters. The average molecular weight is 332 g/mol. The minimum atomic E-state index is -0.818. The molecule has 2 rings (SSSR count). The summed E-state index contributed by atoms with van der Waals surface area (Å²) in [5, 5.41) is 2.73. The van der Waals surface area contributed by atoms with Crippen molar-refractivity contribution in [2.45, 2.75) is 30.5 Å². The minimum absolute atomic E-state index is 0.101. The van der Waals surface area contributed by atoms with Crippen molar-refractivity contribution in [1.82, 2.24) is 5.32 Å². The summed E-state index contributed by atoms with van der Waals surface area (Å²) < 4.78 is 26.2. The summed E-state index contributed by atoms with van der Waals surface area (Å²) in [5.74, 6) is -1.52. The molecule has 5 heteroatoms. The van der Waals surface area contributed by atoms with Gasteiger partial charge in [-0.1, -0.05) is 15.9 Å². The molecule has 2 nitrogen and oxygen atoms in total. The molecule has 0 saturated heterocycles. The maximum Gasteiger partial charge on any atom is 0.254 e. The summed E-state index contributed by atoms with van der Waals surface area (Å²) in [6.45, 7) is 0.551. The molecule has 1 saturated carbocycles. The molecule has 0 heterocycles. The van der Waals surface area contributed by atoms with Gasteiger partial charge in [-0.25, -0.2) is 8.78 Å². The summed E-state index contributed by atoms with van der Waals surface area (Å²) in [6.07, 6.45) is 4.32. The third kappa shape index (κ3) is 4.00. The molecule has 1 N–H and O–H groups in total. The van der Waals surface area contributed by atoms with Crippen molar-refractivity contribution < 1.29 is 13.6 Å². The fraction of sp³-hybridized carbons (Fsp3) is 0.500. The van der Waals surface area contributed by atoms with E-state index in [2.05, 4.69) is 21.2 Å². The second-order valence-corrected chi connectivity index (χ2v) is 6.25. The first-order valence-corrected chi connectivity index (χ1v) is 7.35. The van der Waals surface area contributed by atoms with E-state index >= 15 is 0 Å². The fourth-order valence-electron chi connectivity index (χ4n) is 2.33. The Labute approximate surface area is 119 Å². The standard InChI is InChI=1S/C14H16BrF2NO/c15-10-3-1-9(2-4-10)8-18-14(19)12-6-5-11(16)7-13(12)17/h5-7,9-10H,1-4,8H2,(H,18,19). The molecule has 1 aromatic carbocycles. The number of amides is 1. The predicted octanol–water partition coefficient (Wildman–Crippen LogP) is 3.65. The maximum absolute atomic E-state index is 13.4. The van der Waals surface area contributed by atoms with Crippen LogP contribution in [0.2, 0.25) is 0 Å². The van der Waals surface area contributed by atoms with Gasteiger partial charge in [-0.3, -0.25) is 4.79 Å². The first-order chi connectivity index (χ1) is 9.06. The molecule has 0 radical (unpaired) electrons. The van der Waals surface area contributed by atoms with Gasteiger partial charge in [0.2, 0.25) is 0 Å². The van der Waals surface area contributed by atoms with E-state index < -0.39 is 17.5 Å². The van der Waals surface area contributed by atoms with E-state index in [0.717, 1.165) is 37.8 Å². The van der Waals surface area contributed by atoms with E-state index in [4.69, 9.17) is 0 Å². The molecule has 0 spiro atoms. The van der Waals surface area contributed by atoms with Crippen molar-refractivity contribution in [3.8, 4) is 0 Å². The van der Waals surface area contributed by atoms with E-state index in [1.807, 2.05) is 0 Å². The Balaban J connectivity index is 1.87. The highest BCUT2D eigenvalue weighted by Gasteiger charge is 2.20. The number of hydrogen-bond acceptors (Lipinski definition) is 1. The van der Waals surface area contributed by atoms with Crippen molar-refractivity contribution >= 4 is 21.8 Å². The van der Waals surface area contributed by atoms with Gasteiger partial charge >= 0.3 is 0 Å². The second kappa shape index (κ2) is 6.46. The third-order valence-electron chi connectivity index (χ3n) is 3.50. The molecule has 1 aliphatic carbocycles. The van der Waals surface area contributed by atoms with E-state index in [0.29, 0.717) is 17.3 Å². The van der Waals surface area contributed by atoms with E-state index in [9.17, 15) is 13.6 Å². The van der Waals surface area contributed by atoms with Crippen LogP contribution in [0, 0.1) is 17.6 Å². The van der Waals surface area contributed by atoms with Crippen LogP contribution in [0.3, 0.4) is 0 Å². The molecule has 0 aliphatic heterocycles. The van der Waals surface area contributed by atoms with Gasteiger partial charge in [0.15, 0.2) is 0 Å². The SMILES string of the molecule is O=C(NCC1CCC(Br)CC1)c1ccc(F)cc1F. The van der Waals surface area contributed by atoms with Gasteiger partial charge in [-0.15, -0.1) is 0 Å². The molecule has 1 fully saturated rings. The van der Waals surface area contributed by atoms with E-state index in [1.54, 1.807) is 0 Å². The van der Waals surface area contributed by atoms with Crippen molar-refractivity contribution in [2.75, 3.05) is 6.54 Å². The van der Waals surface area contributed by atoms with Gasteiger partial charge in [0, 0.05) is 17.4 Å². The Kier molecular flexibility index (Phi) is 4.91. The molecule has 0 unspecified atom stereocenters. The van der Waals surface area contributed by atoms with Crippen LogP contribution in [0.4, 0.5) is 8.78 Å². The Hall–Kier alpha value is -0.970. The fourth-order valence-corrected chi connectivity index (χ4v) is 2.86. The number of hydrogen-bond donors (Lipinski definition) is 1. The Morgan fingerprint density at radius 3 is 2.58 bits per heavy atom. The third-order valence-corrected chi connectivity index (χ3v) is 4.42. The van der Waals surface area contributed by atoms with E-state index in [-0.39, 0.29) is 5.56 Å². The lowest BCUT2D eigenvalue weighted by Gasteiger charge is -2.25. The number of halogens is 3. The number of rotatable bonds is 3. The Morgan fingerprint density at radius 2 is 1.95 bits per heavy atom. The van der Waals surface area contributed by atoms with Crippen LogP contribution in [0.5, 0.6) is 0 Å². The highest BCUT2D eigenvalue weighted by Crippen LogP contribution is 2.28. The summed E-state index contributed by atoms with van der Waals surface area (Å²) in [4.78, 5) is 12.4. The normalized spacial score (nSPS) is 23.1. The highest BCUT2D eigenvalue weighted by molar-refractivity contribution is 9.09. The number of alkyl halides is 1. The molecule has 0 aromatic heterocycles. The molecule has 19 heavy (non-hydrogen) atoms. The van der Waals surface area contributed by atoms with Gasteiger partial charge in [0.05, 0.1) is 5.56 Å². The lowest BCUT2D eigenvalue weighted by molar-refractivity contribution is 0.0939. The summed E-state index contributed by atoms with van der Waals surface area (Å²) in [5.41, 5.74) is -0.101. The molecular formula is C14H16BrF2NO. The van der Waals surface area contributed by atoms with E-state index in [1.165, 1.54) is 6.07 Å². The first kappa shape index (κ1) is 14.4. The molecular weight excluding hydrogens is 316 g/mol. The smallest absolute Gasteiger partial charge is 0.254 e. The Morgan fingerprint density at radius 1 is 1.26 bits per heavy atom. The van der Waals surface area contributed by atoms with Crippen molar-refractivity contribution in [1.29, 1.82) is 0 Å². The van der Waals surface area contributed by atoms with Crippen molar-refractivity contribution in [2.24, 2.45) is 5.92 Å². The average Bonchev–Trinajstić information content (AvgIpc) is 2.37. The van der Waals surface area contributed by atoms with Crippen LogP contribution in [0.1, 0.15) is 36.0 Å². The zero-order valence-electron chi connectivity index (χ0n) is 10.5. The largest absolute Gasteiger partial charge is 0.352 e. The lowest BCUT2D eigenvalue weighted by atomic mass is 9.89. The predicted molar refractivity (Wildman–Crippen MR) is 73.4 cm³/mol. The van der Waals surface area contributed by atoms with Crippen LogP contribution in [-0.2, 0) is 0 Å². The molecule has 1 amide bonds. The quantitative estimate of drug-likeness (QED) is 0.841. The van der Waals surface area contributed by atoms with Crippen LogP contribution < -0.4 is 5.32 Å². The number of carbonyl (C=O) groups is 1. The molecule has 1 aromatic rings. The minimum Gasteiger partial charge on any atom is -0.352 e.